The first-order chi connectivity index (χ1) is 13.7. The van der Waals surface area contributed by atoms with Gasteiger partial charge < -0.3 is 9.47 Å². The number of rotatable bonds is 8. The zero-order chi connectivity index (χ0) is 19.8. The van der Waals surface area contributed by atoms with Crippen LogP contribution in [-0.2, 0) is 6.61 Å². The van der Waals surface area contributed by atoms with Crippen molar-refractivity contribution in [3.63, 3.8) is 0 Å². The second-order valence-electron chi connectivity index (χ2n) is 6.01. The van der Waals surface area contributed by atoms with E-state index in [-0.39, 0.29) is 5.91 Å². The van der Waals surface area contributed by atoms with Gasteiger partial charge in [0.1, 0.15) is 18.1 Å². The fourth-order valence-electron chi connectivity index (χ4n) is 2.46. The van der Waals surface area contributed by atoms with Crippen LogP contribution in [0.1, 0.15) is 34.6 Å². The van der Waals surface area contributed by atoms with Crippen LogP contribution in [0.25, 0.3) is 0 Å². The van der Waals surface area contributed by atoms with E-state index < -0.39 is 0 Å². The Balaban J connectivity index is 1.52. The van der Waals surface area contributed by atoms with Gasteiger partial charge in [0.05, 0.1) is 12.3 Å². The van der Waals surface area contributed by atoms with Crippen LogP contribution in [0, 0.1) is 0 Å². The van der Waals surface area contributed by atoms with E-state index in [9.17, 15) is 4.79 Å². The van der Waals surface area contributed by atoms with Crippen molar-refractivity contribution in [3.8, 4) is 11.5 Å². The zero-order valence-corrected chi connectivity index (χ0v) is 16.7. The maximum Gasteiger partial charge on any atom is 0.271 e. The fourth-order valence-corrected chi connectivity index (χ4v) is 3.13. The van der Waals surface area contributed by atoms with Gasteiger partial charge in [-0.1, -0.05) is 18.2 Å². The Kier molecular flexibility index (Phi) is 6.81. The molecule has 3 rings (SSSR count). The molecule has 0 aliphatic heterocycles. The molecule has 1 heterocycles. The van der Waals surface area contributed by atoms with E-state index in [1.54, 1.807) is 23.5 Å². The quantitative estimate of drug-likeness (QED) is 0.438. The minimum absolute atomic E-state index is 0.241. The summed E-state index contributed by atoms with van der Waals surface area (Å²) in [6.07, 6.45) is 0. The molecule has 6 heteroatoms. The zero-order valence-electron chi connectivity index (χ0n) is 15.8. The molecule has 0 saturated carbocycles. The highest BCUT2D eigenvalue weighted by atomic mass is 32.1. The summed E-state index contributed by atoms with van der Waals surface area (Å²) in [5, 5.41) is 6.13. The average molecular weight is 394 g/mol. The molecular weight excluding hydrogens is 372 g/mol. The first kappa shape index (κ1) is 19.6. The maximum absolute atomic E-state index is 12.2. The molecule has 144 valence electrons. The van der Waals surface area contributed by atoms with Crippen molar-refractivity contribution in [2.45, 2.75) is 20.5 Å². The highest BCUT2D eigenvalue weighted by molar-refractivity contribution is 7.12. The lowest BCUT2D eigenvalue weighted by Crippen LogP contribution is -2.19. The van der Waals surface area contributed by atoms with Crippen LogP contribution in [0.15, 0.2) is 71.1 Å². The molecule has 0 radical (unpaired) electrons. The van der Waals surface area contributed by atoms with E-state index in [0.29, 0.717) is 18.8 Å². The average Bonchev–Trinajstić information content (AvgIpc) is 3.27. The molecule has 1 amide bonds. The summed E-state index contributed by atoms with van der Waals surface area (Å²) in [5.41, 5.74) is 4.90. The minimum Gasteiger partial charge on any atom is -0.494 e. The lowest BCUT2D eigenvalue weighted by molar-refractivity contribution is 0.0955. The van der Waals surface area contributed by atoms with Crippen molar-refractivity contribution in [1.29, 1.82) is 0 Å². The molecule has 0 fully saturated rings. The third kappa shape index (κ3) is 5.44. The van der Waals surface area contributed by atoms with E-state index >= 15 is 0 Å². The van der Waals surface area contributed by atoms with Crippen molar-refractivity contribution < 1.29 is 14.3 Å². The molecule has 0 aliphatic rings. The van der Waals surface area contributed by atoms with Gasteiger partial charge in [0, 0.05) is 10.4 Å². The van der Waals surface area contributed by atoms with Crippen LogP contribution < -0.4 is 14.9 Å². The number of benzene rings is 2. The van der Waals surface area contributed by atoms with Crippen LogP contribution in [0.2, 0.25) is 0 Å². The third-order valence-electron chi connectivity index (χ3n) is 3.96. The molecule has 1 N–H and O–H groups in total. The Morgan fingerprint density at radius 3 is 2.29 bits per heavy atom. The summed E-state index contributed by atoms with van der Waals surface area (Å²) in [5.74, 6) is 1.35. The normalized spacial score (nSPS) is 11.1. The number of amides is 1. The molecular formula is C22H22N2O3S. The van der Waals surface area contributed by atoms with Crippen LogP contribution in [0.4, 0.5) is 0 Å². The van der Waals surface area contributed by atoms with Crippen LogP contribution in [-0.4, -0.2) is 18.2 Å². The Labute approximate surface area is 168 Å². The first-order valence-electron chi connectivity index (χ1n) is 8.99. The summed E-state index contributed by atoms with van der Waals surface area (Å²) >= 11 is 1.58. The number of carbonyl (C=O) groups excluding carboxylic acids is 1. The van der Waals surface area contributed by atoms with E-state index in [2.05, 4.69) is 10.5 Å². The number of hydrogen-bond acceptors (Lipinski definition) is 5. The monoisotopic (exact) mass is 394 g/mol. The molecule has 0 bridgehead atoms. The Hall–Kier alpha value is -3.12. The van der Waals surface area contributed by atoms with Crippen molar-refractivity contribution >= 4 is 23.0 Å². The standard InChI is InChI=1S/C22H22N2O3S/c1-3-26-19-10-12-20(13-11-19)27-15-17-6-8-18(9-7-17)22(25)24-23-16(2)21-5-4-14-28-21/h4-14H,3,15H2,1-2H3,(H,24,25). The number of hydrazone groups is 1. The maximum atomic E-state index is 12.2. The largest absolute Gasteiger partial charge is 0.494 e. The topological polar surface area (TPSA) is 59.9 Å². The van der Waals surface area contributed by atoms with E-state index in [1.165, 1.54) is 0 Å². The number of hydrogen-bond donors (Lipinski definition) is 1. The molecule has 2 aromatic carbocycles. The van der Waals surface area contributed by atoms with Gasteiger partial charge in [-0.2, -0.15) is 5.10 Å². The van der Waals surface area contributed by atoms with Gasteiger partial charge in [-0.3, -0.25) is 4.79 Å². The summed E-state index contributed by atoms with van der Waals surface area (Å²) in [4.78, 5) is 13.3. The molecule has 0 saturated heterocycles. The number of nitrogens with zero attached hydrogens (tertiary/aromatic N) is 1. The highest BCUT2D eigenvalue weighted by Gasteiger charge is 2.06. The smallest absolute Gasteiger partial charge is 0.271 e. The predicted octanol–water partition coefficient (Wildman–Crippen LogP) is 4.88. The lowest BCUT2D eigenvalue weighted by atomic mass is 10.1. The summed E-state index contributed by atoms with van der Waals surface area (Å²) in [6.45, 7) is 4.88. The molecule has 0 spiro atoms. The second-order valence-corrected chi connectivity index (χ2v) is 6.95. The molecule has 0 atom stereocenters. The van der Waals surface area contributed by atoms with Gasteiger partial charge in [-0.15, -0.1) is 11.3 Å². The Morgan fingerprint density at radius 1 is 1.00 bits per heavy atom. The van der Waals surface area contributed by atoms with Gasteiger partial charge in [0.15, 0.2) is 0 Å². The van der Waals surface area contributed by atoms with E-state index in [4.69, 9.17) is 9.47 Å². The van der Waals surface area contributed by atoms with Gasteiger partial charge in [0.2, 0.25) is 0 Å². The Bertz CT molecular complexity index is 917. The van der Waals surface area contributed by atoms with Crippen LogP contribution in [0.5, 0.6) is 11.5 Å². The number of thiophene rings is 1. The summed E-state index contributed by atoms with van der Waals surface area (Å²) < 4.78 is 11.2. The molecule has 3 aromatic rings. The van der Waals surface area contributed by atoms with Crippen LogP contribution in [0.3, 0.4) is 0 Å². The highest BCUT2D eigenvalue weighted by Crippen LogP contribution is 2.19. The minimum atomic E-state index is -0.241. The predicted molar refractivity (Wildman–Crippen MR) is 112 cm³/mol. The molecule has 28 heavy (non-hydrogen) atoms. The number of nitrogens with one attached hydrogen (secondary N) is 1. The Morgan fingerprint density at radius 2 is 1.68 bits per heavy atom. The first-order valence-corrected chi connectivity index (χ1v) is 9.87. The SMILES string of the molecule is CCOc1ccc(OCc2ccc(C(=O)NN=C(C)c3cccs3)cc2)cc1. The second kappa shape index (κ2) is 9.71. The van der Waals surface area contributed by atoms with E-state index in [0.717, 1.165) is 27.7 Å². The third-order valence-corrected chi connectivity index (χ3v) is 4.94. The van der Waals surface area contributed by atoms with Gasteiger partial charge in [-0.25, -0.2) is 5.43 Å². The van der Waals surface area contributed by atoms with Crippen molar-refractivity contribution in [1.82, 2.24) is 5.43 Å². The van der Waals surface area contributed by atoms with E-state index in [1.807, 2.05) is 67.8 Å². The van der Waals surface area contributed by atoms with Gasteiger partial charge in [0.25, 0.3) is 5.91 Å². The molecule has 5 nitrogen and oxygen atoms in total. The molecule has 0 unspecified atom stereocenters. The van der Waals surface area contributed by atoms with Crippen molar-refractivity contribution in [2.24, 2.45) is 5.10 Å². The number of carbonyl (C=O) groups is 1. The van der Waals surface area contributed by atoms with Gasteiger partial charge >= 0.3 is 0 Å². The molecule has 1 aromatic heterocycles. The van der Waals surface area contributed by atoms with Gasteiger partial charge in [-0.05, 0) is 67.3 Å². The fraction of sp³-hybridized carbons (Fsp3) is 0.182. The number of ether oxygens (including phenoxy) is 2. The van der Waals surface area contributed by atoms with Crippen LogP contribution >= 0.6 is 11.3 Å². The lowest BCUT2D eigenvalue weighted by Gasteiger charge is -2.08. The summed E-state index contributed by atoms with van der Waals surface area (Å²) in [6, 6.07) is 18.7. The summed E-state index contributed by atoms with van der Waals surface area (Å²) in [7, 11) is 0. The molecule has 0 aliphatic carbocycles. The van der Waals surface area contributed by atoms with Crippen molar-refractivity contribution in [2.75, 3.05) is 6.61 Å². The van der Waals surface area contributed by atoms with Crippen molar-refractivity contribution in [3.05, 3.63) is 82.0 Å².